The minimum Gasteiger partial charge on any atom is -0.302 e. The molecule has 0 bridgehead atoms. The van der Waals surface area contributed by atoms with Gasteiger partial charge in [0.2, 0.25) is 0 Å². The molecule has 8 heavy (non-hydrogen) atoms. The summed E-state index contributed by atoms with van der Waals surface area (Å²) < 4.78 is 14.7. The summed E-state index contributed by atoms with van der Waals surface area (Å²) in [6.45, 7) is 1.72. The fraction of sp³-hybridized carbons (Fsp3) is 0.200. The first-order chi connectivity index (χ1) is 3.80. The zero-order chi connectivity index (χ0) is 5.98. The Labute approximate surface area is 51.8 Å². The number of allylic oxidation sites excluding steroid dienone is 2. The average Bonchev–Trinajstić information content (AvgIpc) is 1.77. The zero-order valence-corrected chi connectivity index (χ0v) is 5.26. The first-order valence-corrected chi connectivity index (χ1v) is 3.13. The van der Waals surface area contributed by atoms with Gasteiger partial charge in [-0.1, -0.05) is 0 Å². The molecule has 1 aliphatic heterocycles. The van der Waals surface area contributed by atoms with E-state index in [4.69, 9.17) is 0 Å². The second-order valence-electron chi connectivity index (χ2n) is 1.52. The van der Waals surface area contributed by atoms with Crippen LogP contribution in [0.4, 0.5) is 4.39 Å². The first-order valence-electron chi connectivity index (χ1n) is 2.25. The van der Waals surface area contributed by atoms with Crippen molar-refractivity contribution in [1.82, 2.24) is 4.72 Å². The van der Waals surface area contributed by atoms with Crippen molar-refractivity contribution in [3.63, 3.8) is 0 Å². The number of nitrogens with one attached hydrogen (secondary N) is 1. The van der Waals surface area contributed by atoms with Crippen molar-refractivity contribution in [3.8, 4) is 0 Å². The Balaban J connectivity index is 2.76. The summed E-state index contributed by atoms with van der Waals surface area (Å²) in [5, 5.41) is 1.80. The summed E-state index contributed by atoms with van der Waals surface area (Å²) in [5.74, 6) is -0.238. The Morgan fingerprint density at radius 3 is 2.88 bits per heavy atom. The molecule has 0 saturated heterocycles. The minimum atomic E-state index is -0.238. The molecule has 0 radical (unpaired) electrons. The van der Waals surface area contributed by atoms with Gasteiger partial charge in [0.25, 0.3) is 0 Å². The normalized spacial score (nSPS) is 18.8. The van der Waals surface area contributed by atoms with Gasteiger partial charge in [-0.15, -0.1) is 0 Å². The number of halogens is 1. The molecule has 1 heterocycles. The Morgan fingerprint density at radius 1 is 1.75 bits per heavy atom. The van der Waals surface area contributed by atoms with E-state index in [1.165, 1.54) is 11.9 Å². The van der Waals surface area contributed by atoms with E-state index < -0.39 is 0 Å². The molecule has 1 nitrogen and oxygen atoms in total. The van der Waals surface area contributed by atoms with E-state index in [1.54, 1.807) is 18.4 Å². The lowest BCUT2D eigenvalue weighted by Gasteiger charge is -2.04. The maximum Gasteiger partial charge on any atom is 0.200 e. The summed E-state index contributed by atoms with van der Waals surface area (Å²) in [4.78, 5) is 0. The fourth-order valence-corrected chi connectivity index (χ4v) is 0.980. The quantitative estimate of drug-likeness (QED) is 0.398. The maximum absolute atomic E-state index is 12.3. The lowest BCUT2D eigenvalue weighted by molar-refractivity contribution is 0.598. The molecule has 0 amide bonds. The minimum absolute atomic E-state index is 0.238. The number of hydrogen-bond acceptors (Lipinski definition) is 2. The second kappa shape index (κ2) is 2.22. The molecule has 0 aromatic heterocycles. The molecule has 3 heteroatoms. The molecule has 0 aliphatic carbocycles. The van der Waals surface area contributed by atoms with E-state index >= 15 is 0 Å². The Hall–Kier alpha value is -0.440. The second-order valence-corrected chi connectivity index (χ2v) is 2.23. The van der Waals surface area contributed by atoms with Crippen LogP contribution in [0.25, 0.3) is 0 Å². The molecule has 44 valence electrons. The Kier molecular flexibility index (Phi) is 1.58. The van der Waals surface area contributed by atoms with Gasteiger partial charge in [0.15, 0.2) is 5.95 Å². The summed E-state index contributed by atoms with van der Waals surface area (Å²) in [6.07, 6.45) is 1.73. The third-order valence-corrected chi connectivity index (χ3v) is 1.45. The number of hydrogen-bond donors (Lipinski definition) is 1. The van der Waals surface area contributed by atoms with Gasteiger partial charge >= 0.3 is 0 Å². The van der Waals surface area contributed by atoms with Crippen LogP contribution in [0.3, 0.4) is 0 Å². The van der Waals surface area contributed by atoms with Gasteiger partial charge in [0.05, 0.1) is 0 Å². The van der Waals surface area contributed by atoms with Crippen LogP contribution < -0.4 is 4.72 Å². The molecule has 0 aromatic rings. The third-order valence-electron chi connectivity index (χ3n) is 0.881. The van der Waals surface area contributed by atoms with Gasteiger partial charge in [-0.25, -0.2) is 0 Å². The molecule has 1 N–H and O–H groups in total. The van der Waals surface area contributed by atoms with E-state index in [-0.39, 0.29) is 5.95 Å². The van der Waals surface area contributed by atoms with Gasteiger partial charge in [0, 0.05) is 5.57 Å². The molecule has 1 rings (SSSR count). The lowest BCUT2D eigenvalue weighted by Crippen LogP contribution is -2.01. The Bertz CT molecular complexity index is 151. The van der Waals surface area contributed by atoms with Crippen molar-refractivity contribution in [2.45, 2.75) is 6.92 Å². The molecular weight excluding hydrogens is 125 g/mol. The van der Waals surface area contributed by atoms with E-state index in [0.717, 1.165) is 0 Å². The van der Waals surface area contributed by atoms with Crippen LogP contribution in [0.15, 0.2) is 23.0 Å². The highest BCUT2D eigenvalue weighted by Gasteiger charge is 1.99. The van der Waals surface area contributed by atoms with Gasteiger partial charge in [0.1, 0.15) is 0 Å². The van der Waals surface area contributed by atoms with Crippen LogP contribution in [0, 0.1) is 0 Å². The first kappa shape index (κ1) is 5.69. The van der Waals surface area contributed by atoms with Crippen LogP contribution in [-0.4, -0.2) is 0 Å². The molecular formula is C5H6FNS. The van der Waals surface area contributed by atoms with Crippen LogP contribution >= 0.6 is 11.9 Å². The van der Waals surface area contributed by atoms with Crippen molar-refractivity contribution in [3.05, 3.63) is 23.0 Å². The lowest BCUT2D eigenvalue weighted by atomic mass is 10.3. The molecule has 0 saturated carbocycles. The predicted molar refractivity (Wildman–Crippen MR) is 33.7 cm³/mol. The Morgan fingerprint density at radius 2 is 2.50 bits per heavy atom. The monoisotopic (exact) mass is 131 g/mol. The van der Waals surface area contributed by atoms with Crippen LogP contribution in [-0.2, 0) is 0 Å². The molecule has 1 aliphatic rings. The SMILES string of the molecule is CC1=C(F)NSC=C1. The highest BCUT2D eigenvalue weighted by Crippen LogP contribution is 2.15. The zero-order valence-electron chi connectivity index (χ0n) is 4.44. The summed E-state index contributed by atoms with van der Waals surface area (Å²) in [7, 11) is 0. The highest BCUT2D eigenvalue weighted by molar-refractivity contribution is 8.00. The fourth-order valence-electron chi connectivity index (χ4n) is 0.375. The maximum atomic E-state index is 12.3. The van der Waals surface area contributed by atoms with Crippen molar-refractivity contribution < 1.29 is 4.39 Å². The standard InChI is InChI=1S/C5H6FNS/c1-4-2-3-8-7-5(4)6/h2-3,7H,1H3. The topological polar surface area (TPSA) is 12.0 Å². The van der Waals surface area contributed by atoms with Gasteiger partial charge in [-0.2, -0.15) is 4.39 Å². The average molecular weight is 131 g/mol. The van der Waals surface area contributed by atoms with Crippen molar-refractivity contribution in [2.24, 2.45) is 0 Å². The van der Waals surface area contributed by atoms with Gasteiger partial charge in [-0.05, 0) is 30.4 Å². The summed E-state index contributed by atoms with van der Waals surface area (Å²) in [6, 6.07) is 0. The van der Waals surface area contributed by atoms with Crippen LogP contribution in [0.5, 0.6) is 0 Å². The molecule has 0 spiro atoms. The smallest absolute Gasteiger partial charge is 0.200 e. The number of rotatable bonds is 0. The molecule has 0 fully saturated rings. The third kappa shape index (κ3) is 1.04. The van der Waals surface area contributed by atoms with Crippen molar-refractivity contribution >= 4 is 11.9 Å². The van der Waals surface area contributed by atoms with E-state index in [1.807, 2.05) is 0 Å². The molecule has 0 aromatic carbocycles. The summed E-state index contributed by atoms with van der Waals surface area (Å²) >= 11 is 1.24. The van der Waals surface area contributed by atoms with E-state index in [9.17, 15) is 4.39 Å². The van der Waals surface area contributed by atoms with E-state index in [2.05, 4.69) is 4.72 Å². The largest absolute Gasteiger partial charge is 0.302 e. The molecule has 0 unspecified atom stereocenters. The van der Waals surface area contributed by atoms with Gasteiger partial charge < -0.3 is 4.72 Å². The van der Waals surface area contributed by atoms with Gasteiger partial charge in [-0.3, -0.25) is 0 Å². The van der Waals surface area contributed by atoms with Crippen molar-refractivity contribution in [2.75, 3.05) is 0 Å². The molecule has 0 atom stereocenters. The van der Waals surface area contributed by atoms with Crippen LogP contribution in [0.2, 0.25) is 0 Å². The summed E-state index contributed by atoms with van der Waals surface area (Å²) in [5.41, 5.74) is 0.656. The van der Waals surface area contributed by atoms with E-state index in [0.29, 0.717) is 5.57 Å². The highest BCUT2D eigenvalue weighted by atomic mass is 32.2. The van der Waals surface area contributed by atoms with Crippen molar-refractivity contribution in [1.29, 1.82) is 0 Å². The predicted octanol–water partition coefficient (Wildman–Crippen LogP) is 1.95. The van der Waals surface area contributed by atoms with Crippen LogP contribution in [0.1, 0.15) is 6.92 Å².